The van der Waals surface area contributed by atoms with Gasteiger partial charge in [0.1, 0.15) is 5.56 Å². The third-order valence-electron chi connectivity index (χ3n) is 4.63. The van der Waals surface area contributed by atoms with E-state index in [-0.39, 0.29) is 23.6 Å². The van der Waals surface area contributed by atoms with Crippen LogP contribution in [0.15, 0.2) is 41.2 Å². The minimum Gasteiger partial charge on any atom is -0.395 e. The van der Waals surface area contributed by atoms with Gasteiger partial charge in [-0.2, -0.15) is 0 Å². The number of hydrogen-bond acceptors (Lipinski definition) is 4. The Morgan fingerprint density at radius 2 is 1.84 bits per heavy atom. The Hall–Kier alpha value is -2.44. The summed E-state index contributed by atoms with van der Waals surface area (Å²) < 4.78 is 0. The number of aryl methyl sites for hydroxylation is 1. The average Bonchev–Trinajstić information content (AvgIpc) is 2.63. The lowest BCUT2D eigenvalue weighted by atomic mass is 10.0. The van der Waals surface area contributed by atoms with Crippen LogP contribution in [0.1, 0.15) is 16.1 Å². The number of aliphatic hydroxyl groups excluding tert-OH is 1. The molecule has 0 bridgehead atoms. The highest BCUT2D eigenvalue weighted by Gasteiger charge is 2.24. The number of aromatic amines is 1. The number of aromatic nitrogens is 1. The maximum absolute atomic E-state index is 12.8. The van der Waals surface area contributed by atoms with Crippen molar-refractivity contribution >= 4 is 5.91 Å². The lowest BCUT2D eigenvalue weighted by Gasteiger charge is -2.34. The second-order valence-corrected chi connectivity index (χ2v) is 6.27. The number of rotatable bonds is 4. The Balaban J connectivity index is 1.85. The summed E-state index contributed by atoms with van der Waals surface area (Å²) in [5.41, 5.74) is 2.42. The van der Waals surface area contributed by atoms with Gasteiger partial charge in [-0.1, -0.05) is 30.3 Å². The maximum atomic E-state index is 12.8. The van der Waals surface area contributed by atoms with Crippen molar-refractivity contribution in [1.82, 2.24) is 14.8 Å². The van der Waals surface area contributed by atoms with Crippen LogP contribution in [0, 0.1) is 6.92 Å². The van der Waals surface area contributed by atoms with Crippen LogP contribution in [-0.4, -0.2) is 65.1 Å². The molecule has 1 amide bonds. The summed E-state index contributed by atoms with van der Waals surface area (Å²) in [5.74, 6) is -0.234. The summed E-state index contributed by atoms with van der Waals surface area (Å²) in [6.45, 7) is 5.12. The lowest BCUT2D eigenvalue weighted by Crippen LogP contribution is -2.50. The summed E-state index contributed by atoms with van der Waals surface area (Å²) in [4.78, 5) is 31.8. The smallest absolute Gasteiger partial charge is 0.261 e. The van der Waals surface area contributed by atoms with Crippen molar-refractivity contribution in [3.05, 3.63) is 58.0 Å². The number of piperazine rings is 1. The first-order valence-corrected chi connectivity index (χ1v) is 8.52. The van der Waals surface area contributed by atoms with Crippen LogP contribution in [0.2, 0.25) is 0 Å². The predicted molar refractivity (Wildman–Crippen MR) is 96.7 cm³/mol. The molecule has 0 atom stereocenters. The predicted octanol–water partition coefficient (Wildman–Crippen LogP) is 1.10. The third kappa shape index (κ3) is 3.81. The van der Waals surface area contributed by atoms with Gasteiger partial charge in [0.25, 0.3) is 11.5 Å². The Morgan fingerprint density at radius 3 is 2.48 bits per heavy atom. The van der Waals surface area contributed by atoms with Crippen LogP contribution in [0.4, 0.5) is 0 Å². The molecule has 1 aliphatic rings. The van der Waals surface area contributed by atoms with Gasteiger partial charge < -0.3 is 15.0 Å². The number of pyridine rings is 1. The van der Waals surface area contributed by atoms with Gasteiger partial charge in [-0.05, 0) is 18.6 Å². The first-order valence-electron chi connectivity index (χ1n) is 8.52. The van der Waals surface area contributed by atoms with Crippen molar-refractivity contribution in [2.75, 3.05) is 39.3 Å². The number of amides is 1. The van der Waals surface area contributed by atoms with Gasteiger partial charge in [0.2, 0.25) is 0 Å². The zero-order valence-corrected chi connectivity index (χ0v) is 14.4. The molecule has 0 spiro atoms. The largest absolute Gasteiger partial charge is 0.395 e. The fourth-order valence-electron chi connectivity index (χ4n) is 3.19. The number of nitrogens with one attached hydrogen (secondary N) is 1. The Bertz CT molecular complexity index is 793. The molecule has 1 aromatic heterocycles. The molecule has 132 valence electrons. The number of aliphatic hydroxyl groups is 1. The van der Waals surface area contributed by atoms with Crippen LogP contribution >= 0.6 is 0 Å². The zero-order valence-electron chi connectivity index (χ0n) is 14.4. The number of H-pyrrole nitrogens is 1. The van der Waals surface area contributed by atoms with E-state index in [1.54, 1.807) is 11.0 Å². The summed E-state index contributed by atoms with van der Waals surface area (Å²) in [7, 11) is 0. The van der Waals surface area contributed by atoms with Gasteiger partial charge in [-0.15, -0.1) is 0 Å². The minimum atomic E-state index is -0.347. The summed E-state index contributed by atoms with van der Waals surface area (Å²) in [6.07, 6.45) is 0. The molecule has 1 saturated heterocycles. The maximum Gasteiger partial charge on any atom is 0.261 e. The van der Waals surface area contributed by atoms with Crippen molar-refractivity contribution in [3.8, 4) is 11.1 Å². The fraction of sp³-hybridized carbons (Fsp3) is 0.368. The molecule has 1 aromatic carbocycles. The van der Waals surface area contributed by atoms with Crippen LogP contribution in [-0.2, 0) is 0 Å². The van der Waals surface area contributed by atoms with E-state index in [9.17, 15) is 9.59 Å². The highest BCUT2D eigenvalue weighted by atomic mass is 16.3. The molecule has 0 unspecified atom stereocenters. The van der Waals surface area contributed by atoms with E-state index in [1.807, 2.05) is 37.3 Å². The molecule has 0 saturated carbocycles. The monoisotopic (exact) mass is 341 g/mol. The minimum absolute atomic E-state index is 0.117. The number of carbonyl (C=O) groups is 1. The second-order valence-electron chi connectivity index (χ2n) is 6.27. The Kier molecular flexibility index (Phi) is 5.31. The van der Waals surface area contributed by atoms with E-state index in [4.69, 9.17) is 5.11 Å². The molecule has 6 heteroatoms. The van der Waals surface area contributed by atoms with E-state index in [0.717, 1.165) is 16.8 Å². The average molecular weight is 341 g/mol. The first-order chi connectivity index (χ1) is 12.1. The highest BCUT2D eigenvalue weighted by molar-refractivity contribution is 5.95. The highest BCUT2D eigenvalue weighted by Crippen LogP contribution is 2.22. The molecule has 2 N–H and O–H groups in total. The van der Waals surface area contributed by atoms with Gasteiger partial charge in [0.05, 0.1) is 6.61 Å². The second kappa shape index (κ2) is 7.63. The molecular formula is C19H23N3O3. The fourth-order valence-corrected chi connectivity index (χ4v) is 3.19. The zero-order chi connectivity index (χ0) is 17.8. The molecule has 2 heterocycles. The van der Waals surface area contributed by atoms with Gasteiger partial charge in [-0.25, -0.2) is 0 Å². The number of nitrogens with zero attached hydrogens (tertiary/aromatic N) is 2. The van der Waals surface area contributed by atoms with Crippen molar-refractivity contribution < 1.29 is 9.90 Å². The number of β-amino-alcohol motifs (C(OH)–C–C–N with tert-alkyl or cyclic N) is 1. The first kappa shape index (κ1) is 17.4. The SMILES string of the molecule is Cc1[nH]c(=O)c(C(=O)N2CCN(CCO)CC2)cc1-c1ccccc1. The lowest BCUT2D eigenvalue weighted by molar-refractivity contribution is 0.0613. The van der Waals surface area contributed by atoms with Crippen molar-refractivity contribution in [1.29, 1.82) is 0 Å². The molecule has 6 nitrogen and oxygen atoms in total. The van der Waals surface area contributed by atoms with Crippen LogP contribution in [0.3, 0.4) is 0 Å². The third-order valence-corrected chi connectivity index (χ3v) is 4.63. The summed E-state index contributed by atoms with van der Waals surface area (Å²) in [6, 6.07) is 11.4. The quantitative estimate of drug-likeness (QED) is 0.873. The van der Waals surface area contributed by atoms with Crippen LogP contribution in [0.25, 0.3) is 11.1 Å². The molecule has 2 aromatic rings. The van der Waals surface area contributed by atoms with Gasteiger partial charge in [0.15, 0.2) is 0 Å². The van der Waals surface area contributed by atoms with Crippen molar-refractivity contribution in [2.45, 2.75) is 6.92 Å². The molecule has 0 radical (unpaired) electrons. The Morgan fingerprint density at radius 1 is 1.16 bits per heavy atom. The molecule has 1 fully saturated rings. The van der Waals surface area contributed by atoms with Crippen molar-refractivity contribution in [2.24, 2.45) is 0 Å². The molecule has 25 heavy (non-hydrogen) atoms. The topological polar surface area (TPSA) is 76.6 Å². The molecular weight excluding hydrogens is 318 g/mol. The van der Waals surface area contributed by atoms with E-state index in [0.29, 0.717) is 32.7 Å². The number of carbonyl (C=O) groups excluding carboxylic acids is 1. The van der Waals surface area contributed by atoms with E-state index in [1.165, 1.54) is 0 Å². The van der Waals surface area contributed by atoms with Gasteiger partial charge in [0, 0.05) is 44.0 Å². The van der Waals surface area contributed by atoms with Crippen LogP contribution in [0.5, 0.6) is 0 Å². The summed E-state index contributed by atoms with van der Waals surface area (Å²) in [5, 5.41) is 9.01. The van der Waals surface area contributed by atoms with Gasteiger partial charge >= 0.3 is 0 Å². The van der Waals surface area contributed by atoms with E-state index < -0.39 is 0 Å². The Labute approximate surface area is 146 Å². The number of hydrogen-bond donors (Lipinski definition) is 2. The van der Waals surface area contributed by atoms with E-state index in [2.05, 4.69) is 9.88 Å². The van der Waals surface area contributed by atoms with Crippen LogP contribution < -0.4 is 5.56 Å². The molecule has 1 aliphatic heterocycles. The van der Waals surface area contributed by atoms with Gasteiger partial charge in [-0.3, -0.25) is 14.5 Å². The molecule has 3 rings (SSSR count). The van der Waals surface area contributed by atoms with Crippen molar-refractivity contribution in [3.63, 3.8) is 0 Å². The number of benzene rings is 1. The summed E-state index contributed by atoms with van der Waals surface area (Å²) >= 11 is 0. The molecule has 0 aliphatic carbocycles. The normalized spacial score (nSPS) is 15.4. The standard InChI is InChI=1S/C19H23N3O3/c1-14-16(15-5-3-2-4-6-15)13-17(18(24)20-14)19(25)22-9-7-21(8-10-22)11-12-23/h2-6,13,23H,7-12H2,1H3,(H,20,24). The van der Waals surface area contributed by atoms with E-state index >= 15 is 0 Å².